The Morgan fingerprint density at radius 1 is 1.20 bits per heavy atom. The van der Waals surface area contributed by atoms with Gasteiger partial charge >= 0.3 is 0 Å². The zero-order valence-electron chi connectivity index (χ0n) is 14.6. The summed E-state index contributed by atoms with van der Waals surface area (Å²) in [5, 5.41) is 11.9. The number of nitrogens with one attached hydrogen (secondary N) is 1. The summed E-state index contributed by atoms with van der Waals surface area (Å²) in [4.78, 5) is 13.1. The van der Waals surface area contributed by atoms with Crippen LogP contribution >= 0.6 is 0 Å². The summed E-state index contributed by atoms with van der Waals surface area (Å²) in [6, 6.07) is -0.113. The van der Waals surface area contributed by atoms with Crippen molar-refractivity contribution in [2.24, 2.45) is 5.92 Å². The lowest BCUT2D eigenvalue weighted by molar-refractivity contribution is 0.0570. The lowest BCUT2D eigenvalue weighted by Crippen LogP contribution is -2.28. The Hall–Kier alpha value is -2.55. The fourth-order valence-corrected chi connectivity index (χ4v) is 3.22. The molecule has 0 amide bonds. The molecule has 3 aromatic rings. The van der Waals surface area contributed by atoms with Gasteiger partial charge in [0.2, 0.25) is 5.89 Å². The van der Waals surface area contributed by atoms with Crippen LogP contribution in [0.25, 0.3) is 5.78 Å². The molecule has 25 heavy (non-hydrogen) atoms. The average Bonchev–Trinajstić information content (AvgIpc) is 3.25. The molecule has 1 saturated heterocycles. The summed E-state index contributed by atoms with van der Waals surface area (Å²) < 4.78 is 12.7. The minimum absolute atomic E-state index is 0.113. The first-order valence-corrected chi connectivity index (χ1v) is 8.45. The Bertz CT molecular complexity index is 882. The van der Waals surface area contributed by atoms with Crippen LogP contribution in [0.3, 0.4) is 0 Å². The molecule has 4 rings (SSSR count). The SMILES string of the molecule is Cc1noc([C@@H](Nc2c(C)c(C)nc3ncnn23)C2CCOCC2)n1. The van der Waals surface area contributed by atoms with Crippen LogP contribution in [0, 0.1) is 26.7 Å². The highest BCUT2D eigenvalue weighted by molar-refractivity contribution is 5.52. The molecule has 0 spiro atoms. The van der Waals surface area contributed by atoms with Crippen LogP contribution in [-0.2, 0) is 4.74 Å². The number of anilines is 1. The number of rotatable bonds is 4. The summed E-state index contributed by atoms with van der Waals surface area (Å²) in [6.45, 7) is 7.29. The van der Waals surface area contributed by atoms with Crippen LogP contribution in [0.2, 0.25) is 0 Å². The molecule has 1 fully saturated rings. The highest BCUT2D eigenvalue weighted by Gasteiger charge is 2.31. The van der Waals surface area contributed by atoms with Gasteiger partial charge in [-0.15, -0.1) is 0 Å². The maximum Gasteiger partial charge on any atom is 0.254 e. The highest BCUT2D eigenvalue weighted by atomic mass is 16.5. The maximum atomic E-state index is 5.51. The molecule has 1 atom stereocenters. The second-order valence-electron chi connectivity index (χ2n) is 6.39. The van der Waals surface area contributed by atoms with E-state index in [1.54, 1.807) is 4.52 Å². The zero-order valence-corrected chi connectivity index (χ0v) is 14.6. The Labute approximate surface area is 144 Å². The van der Waals surface area contributed by atoms with Crippen molar-refractivity contribution in [3.05, 3.63) is 29.3 Å². The topological polar surface area (TPSA) is 103 Å². The van der Waals surface area contributed by atoms with E-state index in [0.717, 1.165) is 43.1 Å². The minimum atomic E-state index is -0.113. The van der Waals surface area contributed by atoms with Crippen molar-refractivity contribution in [2.75, 3.05) is 18.5 Å². The van der Waals surface area contributed by atoms with Crippen molar-refractivity contribution < 1.29 is 9.26 Å². The van der Waals surface area contributed by atoms with E-state index in [4.69, 9.17) is 9.26 Å². The fraction of sp³-hybridized carbons (Fsp3) is 0.562. The number of aromatic nitrogens is 6. The molecule has 3 aromatic heterocycles. The molecule has 0 aromatic carbocycles. The number of fused-ring (bicyclic) bond motifs is 1. The predicted octanol–water partition coefficient (Wildman–Crippen LogP) is 2.01. The van der Waals surface area contributed by atoms with Gasteiger partial charge in [-0.3, -0.25) is 0 Å². The first-order valence-electron chi connectivity index (χ1n) is 8.45. The molecule has 1 aliphatic heterocycles. The lowest BCUT2D eigenvalue weighted by atomic mass is 9.91. The molecule has 4 heterocycles. The largest absolute Gasteiger partial charge is 0.381 e. The summed E-state index contributed by atoms with van der Waals surface area (Å²) in [6.07, 6.45) is 3.37. The summed E-state index contributed by atoms with van der Waals surface area (Å²) in [5.41, 5.74) is 1.93. The standard InChI is InChI=1S/C16H21N7O2/c1-9-10(2)19-16-17-8-18-23(16)14(9)21-13(12-4-6-24-7-5-12)15-20-11(3)22-25-15/h8,12-13,21H,4-7H2,1-3H3/t13-/m0/s1. The van der Waals surface area contributed by atoms with Gasteiger partial charge in [-0.2, -0.15) is 19.6 Å². The molecule has 9 nitrogen and oxygen atoms in total. The normalized spacial score (nSPS) is 17.1. The molecule has 132 valence electrons. The molecule has 0 aliphatic carbocycles. The van der Waals surface area contributed by atoms with E-state index in [2.05, 4.69) is 30.5 Å². The third kappa shape index (κ3) is 2.95. The van der Waals surface area contributed by atoms with E-state index in [-0.39, 0.29) is 6.04 Å². The second kappa shape index (κ2) is 6.40. The minimum Gasteiger partial charge on any atom is -0.381 e. The Morgan fingerprint density at radius 3 is 2.72 bits per heavy atom. The second-order valence-corrected chi connectivity index (χ2v) is 6.39. The molecule has 1 aliphatic rings. The van der Waals surface area contributed by atoms with E-state index in [1.165, 1.54) is 6.33 Å². The van der Waals surface area contributed by atoms with Gasteiger partial charge < -0.3 is 14.6 Å². The van der Waals surface area contributed by atoms with Crippen LogP contribution in [0.4, 0.5) is 5.82 Å². The molecule has 0 radical (unpaired) electrons. The third-order valence-electron chi connectivity index (χ3n) is 4.75. The van der Waals surface area contributed by atoms with Crippen LogP contribution in [0.15, 0.2) is 10.9 Å². The molecule has 9 heteroatoms. The molecule has 0 unspecified atom stereocenters. The lowest BCUT2D eigenvalue weighted by Gasteiger charge is -2.29. The zero-order chi connectivity index (χ0) is 17.4. The average molecular weight is 343 g/mol. The van der Waals surface area contributed by atoms with E-state index in [0.29, 0.717) is 23.4 Å². The van der Waals surface area contributed by atoms with Gasteiger partial charge in [0.25, 0.3) is 5.78 Å². The fourth-order valence-electron chi connectivity index (χ4n) is 3.22. The van der Waals surface area contributed by atoms with Crippen molar-refractivity contribution in [3.8, 4) is 0 Å². The van der Waals surface area contributed by atoms with E-state index in [1.807, 2.05) is 20.8 Å². The predicted molar refractivity (Wildman–Crippen MR) is 89.2 cm³/mol. The van der Waals surface area contributed by atoms with Crippen molar-refractivity contribution in [1.82, 2.24) is 29.7 Å². The first-order chi connectivity index (χ1) is 12.1. The van der Waals surface area contributed by atoms with Gasteiger partial charge in [0, 0.05) is 24.5 Å². The summed E-state index contributed by atoms with van der Waals surface area (Å²) in [5.74, 6) is 2.97. The maximum absolute atomic E-state index is 5.51. The van der Waals surface area contributed by atoms with E-state index < -0.39 is 0 Å². The molecule has 0 saturated carbocycles. The van der Waals surface area contributed by atoms with Crippen molar-refractivity contribution in [3.63, 3.8) is 0 Å². The van der Waals surface area contributed by atoms with Crippen LogP contribution in [-0.4, -0.2) is 42.9 Å². The molecular formula is C16H21N7O2. The van der Waals surface area contributed by atoms with Crippen LogP contribution in [0.5, 0.6) is 0 Å². The van der Waals surface area contributed by atoms with Crippen LogP contribution < -0.4 is 5.32 Å². The third-order valence-corrected chi connectivity index (χ3v) is 4.75. The van der Waals surface area contributed by atoms with Crippen molar-refractivity contribution >= 4 is 11.6 Å². The van der Waals surface area contributed by atoms with E-state index in [9.17, 15) is 0 Å². The first kappa shape index (κ1) is 15.9. The summed E-state index contributed by atoms with van der Waals surface area (Å²) >= 11 is 0. The molecular weight excluding hydrogens is 322 g/mol. The quantitative estimate of drug-likeness (QED) is 0.767. The van der Waals surface area contributed by atoms with Gasteiger partial charge in [0.15, 0.2) is 5.82 Å². The van der Waals surface area contributed by atoms with Crippen molar-refractivity contribution in [2.45, 2.75) is 39.7 Å². The van der Waals surface area contributed by atoms with Gasteiger partial charge in [-0.1, -0.05) is 5.16 Å². The van der Waals surface area contributed by atoms with Gasteiger partial charge in [-0.25, -0.2) is 4.98 Å². The number of ether oxygens (including phenoxy) is 1. The van der Waals surface area contributed by atoms with Gasteiger partial charge in [0.05, 0.1) is 0 Å². The Balaban J connectivity index is 1.76. The monoisotopic (exact) mass is 343 g/mol. The number of hydrogen-bond acceptors (Lipinski definition) is 8. The summed E-state index contributed by atoms with van der Waals surface area (Å²) in [7, 11) is 0. The smallest absolute Gasteiger partial charge is 0.254 e. The Morgan fingerprint density at radius 2 is 2.00 bits per heavy atom. The highest BCUT2D eigenvalue weighted by Crippen LogP contribution is 2.33. The van der Waals surface area contributed by atoms with E-state index >= 15 is 0 Å². The number of hydrogen-bond donors (Lipinski definition) is 1. The van der Waals surface area contributed by atoms with Gasteiger partial charge in [0.1, 0.15) is 18.2 Å². The molecule has 0 bridgehead atoms. The van der Waals surface area contributed by atoms with Crippen molar-refractivity contribution in [1.29, 1.82) is 0 Å². The van der Waals surface area contributed by atoms with Crippen LogP contribution in [0.1, 0.15) is 41.9 Å². The van der Waals surface area contributed by atoms with Gasteiger partial charge in [-0.05, 0) is 39.5 Å². The number of nitrogens with zero attached hydrogens (tertiary/aromatic N) is 6. The molecule has 1 N–H and O–H groups in total. The number of aryl methyl sites for hydroxylation is 2. The Kier molecular flexibility index (Phi) is 4.08.